The maximum absolute atomic E-state index is 5.28. The van der Waals surface area contributed by atoms with E-state index in [1.54, 1.807) is 0 Å². The Hall–Kier alpha value is -1.22. The Morgan fingerprint density at radius 3 is 2.37 bits per heavy atom. The Labute approximate surface area is 115 Å². The largest absolute Gasteiger partial charge is 0.384 e. The molecule has 3 nitrogen and oxygen atoms in total. The Kier molecular flexibility index (Phi) is 3.65. The monoisotopic (exact) mass is 260 g/mol. The predicted octanol–water partition coefficient (Wildman–Crippen LogP) is 3.13. The van der Waals surface area contributed by atoms with E-state index in [0.29, 0.717) is 5.41 Å². The van der Waals surface area contributed by atoms with Crippen molar-refractivity contribution in [2.45, 2.75) is 26.2 Å². The molecule has 2 aliphatic rings. The van der Waals surface area contributed by atoms with Crippen molar-refractivity contribution in [3.8, 4) is 0 Å². The summed E-state index contributed by atoms with van der Waals surface area (Å²) in [5.74, 6) is 0. The molecule has 0 saturated carbocycles. The summed E-state index contributed by atoms with van der Waals surface area (Å²) in [5.41, 5.74) is 2.91. The fraction of sp³-hybridized carbons (Fsp3) is 0.625. The zero-order valence-electron chi connectivity index (χ0n) is 11.8. The van der Waals surface area contributed by atoms with Crippen molar-refractivity contribution in [1.29, 1.82) is 0 Å². The van der Waals surface area contributed by atoms with Gasteiger partial charge in [-0.1, -0.05) is 6.92 Å². The Morgan fingerprint density at radius 1 is 1.11 bits per heavy atom. The standard InChI is InChI=1S/C16H24N2O/c1-16(12-19-13-16)11-17-14-5-7-15(8-6-14)18-9-3-2-4-10-18/h5-8,17H,2-4,9-13H2,1H3. The molecule has 3 rings (SSSR count). The molecule has 2 saturated heterocycles. The van der Waals surface area contributed by atoms with Crippen molar-refractivity contribution in [1.82, 2.24) is 0 Å². The van der Waals surface area contributed by atoms with E-state index >= 15 is 0 Å². The smallest absolute Gasteiger partial charge is 0.0559 e. The second-order valence-corrected chi connectivity index (χ2v) is 6.25. The molecule has 3 heteroatoms. The third-order valence-electron chi connectivity index (χ3n) is 4.21. The lowest BCUT2D eigenvalue weighted by molar-refractivity contribution is -0.0924. The van der Waals surface area contributed by atoms with Gasteiger partial charge in [0.05, 0.1) is 13.2 Å². The summed E-state index contributed by atoms with van der Waals surface area (Å²) in [4.78, 5) is 2.49. The SMILES string of the molecule is CC1(CNc2ccc(N3CCCCC3)cc2)COC1. The van der Waals surface area contributed by atoms with Crippen LogP contribution in [0.15, 0.2) is 24.3 Å². The van der Waals surface area contributed by atoms with Crippen LogP contribution in [0.25, 0.3) is 0 Å². The van der Waals surface area contributed by atoms with Gasteiger partial charge in [-0.25, -0.2) is 0 Å². The summed E-state index contributed by atoms with van der Waals surface area (Å²) in [6.07, 6.45) is 4.05. The molecule has 0 spiro atoms. The Balaban J connectivity index is 1.55. The lowest BCUT2D eigenvalue weighted by Gasteiger charge is -2.38. The minimum absolute atomic E-state index is 0.325. The highest BCUT2D eigenvalue weighted by Crippen LogP contribution is 2.27. The van der Waals surface area contributed by atoms with Crippen LogP contribution in [0.1, 0.15) is 26.2 Å². The van der Waals surface area contributed by atoms with Crippen LogP contribution in [-0.4, -0.2) is 32.8 Å². The van der Waals surface area contributed by atoms with Crippen molar-refractivity contribution in [2.24, 2.45) is 5.41 Å². The molecule has 2 fully saturated rings. The number of nitrogens with zero attached hydrogens (tertiary/aromatic N) is 1. The molecule has 2 aliphatic heterocycles. The minimum atomic E-state index is 0.325. The summed E-state index contributed by atoms with van der Waals surface area (Å²) in [6.45, 7) is 7.45. The first kappa shape index (κ1) is 12.8. The first-order valence-electron chi connectivity index (χ1n) is 7.42. The molecular weight excluding hydrogens is 236 g/mol. The molecule has 0 radical (unpaired) electrons. The zero-order valence-corrected chi connectivity index (χ0v) is 11.8. The van der Waals surface area contributed by atoms with Gasteiger partial charge in [0.25, 0.3) is 0 Å². The number of hydrogen-bond acceptors (Lipinski definition) is 3. The molecule has 104 valence electrons. The average Bonchev–Trinajstić information content (AvgIpc) is 2.45. The summed E-state index contributed by atoms with van der Waals surface area (Å²) < 4.78 is 5.28. The Bertz CT molecular complexity index is 405. The third-order valence-corrected chi connectivity index (χ3v) is 4.21. The van der Waals surface area contributed by atoms with Crippen molar-refractivity contribution < 1.29 is 4.74 Å². The average molecular weight is 260 g/mol. The van der Waals surface area contributed by atoms with Gasteiger partial charge in [-0.15, -0.1) is 0 Å². The van der Waals surface area contributed by atoms with E-state index in [-0.39, 0.29) is 0 Å². The highest BCUT2D eigenvalue weighted by atomic mass is 16.5. The van der Waals surface area contributed by atoms with E-state index in [1.807, 2.05) is 0 Å². The van der Waals surface area contributed by atoms with Crippen LogP contribution in [0.2, 0.25) is 0 Å². The van der Waals surface area contributed by atoms with Crippen molar-refractivity contribution in [3.05, 3.63) is 24.3 Å². The van der Waals surface area contributed by atoms with E-state index in [9.17, 15) is 0 Å². The number of anilines is 2. The number of piperidine rings is 1. The zero-order chi connectivity index (χ0) is 13.1. The van der Waals surface area contributed by atoms with Crippen LogP contribution in [0.4, 0.5) is 11.4 Å². The third kappa shape index (κ3) is 3.03. The number of nitrogens with one attached hydrogen (secondary N) is 1. The van der Waals surface area contributed by atoms with Gasteiger partial charge in [-0.3, -0.25) is 0 Å². The van der Waals surface area contributed by atoms with Gasteiger partial charge in [0, 0.05) is 36.4 Å². The van der Waals surface area contributed by atoms with Gasteiger partial charge < -0.3 is 15.0 Å². The van der Waals surface area contributed by atoms with Gasteiger partial charge in [-0.2, -0.15) is 0 Å². The van der Waals surface area contributed by atoms with E-state index in [4.69, 9.17) is 4.74 Å². The van der Waals surface area contributed by atoms with Crippen molar-refractivity contribution in [2.75, 3.05) is 43.1 Å². The van der Waals surface area contributed by atoms with Gasteiger partial charge in [0.1, 0.15) is 0 Å². The van der Waals surface area contributed by atoms with Crippen molar-refractivity contribution in [3.63, 3.8) is 0 Å². The maximum Gasteiger partial charge on any atom is 0.0559 e. The lowest BCUT2D eigenvalue weighted by atomic mass is 9.89. The predicted molar refractivity (Wildman–Crippen MR) is 79.9 cm³/mol. The number of ether oxygens (including phenoxy) is 1. The number of benzene rings is 1. The molecule has 0 bridgehead atoms. The van der Waals surface area contributed by atoms with Crippen LogP contribution in [-0.2, 0) is 4.74 Å². The highest BCUT2D eigenvalue weighted by Gasteiger charge is 2.32. The van der Waals surface area contributed by atoms with Crippen LogP contribution in [0.3, 0.4) is 0 Å². The Morgan fingerprint density at radius 2 is 1.79 bits per heavy atom. The normalized spacial score (nSPS) is 21.8. The van der Waals surface area contributed by atoms with Gasteiger partial charge in [-0.05, 0) is 43.5 Å². The molecule has 0 unspecified atom stereocenters. The first-order chi connectivity index (χ1) is 9.25. The van der Waals surface area contributed by atoms with Crippen LogP contribution in [0, 0.1) is 5.41 Å². The highest BCUT2D eigenvalue weighted by molar-refractivity contribution is 5.55. The second kappa shape index (κ2) is 5.41. The molecule has 1 aromatic carbocycles. The molecule has 0 amide bonds. The van der Waals surface area contributed by atoms with Gasteiger partial charge in [0.15, 0.2) is 0 Å². The maximum atomic E-state index is 5.28. The van der Waals surface area contributed by atoms with Crippen LogP contribution < -0.4 is 10.2 Å². The molecule has 0 aromatic heterocycles. The quantitative estimate of drug-likeness (QED) is 0.900. The lowest BCUT2D eigenvalue weighted by Crippen LogP contribution is -2.45. The van der Waals surface area contributed by atoms with Crippen molar-refractivity contribution >= 4 is 11.4 Å². The van der Waals surface area contributed by atoms with E-state index in [1.165, 1.54) is 43.7 Å². The van der Waals surface area contributed by atoms with E-state index in [2.05, 4.69) is 41.4 Å². The number of hydrogen-bond donors (Lipinski definition) is 1. The van der Waals surface area contributed by atoms with Crippen LogP contribution >= 0.6 is 0 Å². The second-order valence-electron chi connectivity index (χ2n) is 6.25. The van der Waals surface area contributed by atoms with E-state index in [0.717, 1.165) is 19.8 Å². The van der Waals surface area contributed by atoms with Crippen LogP contribution in [0.5, 0.6) is 0 Å². The molecule has 2 heterocycles. The molecular formula is C16H24N2O. The molecule has 1 N–H and O–H groups in total. The summed E-state index contributed by atoms with van der Waals surface area (Å²) in [5, 5.41) is 3.52. The molecule has 19 heavy (non-hydrogen) atoms. The van der Waals surface area contributed by atoms with Gasteiger partial charge in [0.2, 0.25) is 0 Å². The molecule has 0 aliphatic carbocycles. The van der Waals surface area contributed by atoms with E-state index < -0.39 is 0 Å². The van der Waals surface area contributed by atoms with Gasteiger partial charge >= 0.3 is 0 Å². The summed E-state index contributed by atoms with van der Waals surface area (Å²) in [7, 11) is 0. The summed E-state index contributed by atoms with van der Waals surface area (Å²) in [6, 6.07) is 8.89. The first-order valence-corrected chi connectivity index (χ1v) is 7.42. The fourth-order valence-electron chi connectivity index (χ4n) is 2.81. The topological polar surface area (TPSA) is 24.5 Å². The molecule has 1 aromatic rings. The summed E-state index contributed by atoms with van der Waals surface area (Å²) >= 11 is 0. The fourth-order valence-corrected chi connectivity index (χ4v) is 2.81. The molecule has 0 atom stereocenters. The minimum Gasteiger partial charge on any atom is -0.384 e. The number of rotatable bonds is 4.